The van der Waals surface area contributed by atoms with Crippen molar-refractivity contribution in [3.05, 3.63) is 84.1 Å². The SMILES string of the molecule is CCc1coc2ccc(-c3cc(NC(C)c4cccc(-c5cnn(C)c5)c4)nc(C)n3)cc12. The molecule has 1 unspecified atom stereocenters. The van der Waals surface area contributed by atoms with E-state index in [0.717, 1.165) is 51.4 Å². The zero-order valence-corrected chi connectivity index (χ0v) is 19.3. The average Bonchev–Trinajstić information content (AvgIpc) is 3.44. The van der Waals surface area contributed by atoms with Crippen LogP contribution in [-0.4, -0.2) is 19.7 Å². The molecule has 0 radical (unpaired) electrons. The summed E-state index contributed by atoms with van der Waals surface area (Å²) in [5.41, 5.74) is 7.49. The number of aryl methyl sites for hydroxylation is 3. The Kier molecular flexibility index (Phi) is 5.42. The number of furan rings is 1. The van der Waals surface area contributed by atoms with Gasteiger partial charge in [-0.2, -0.15) is 5.10 Å². The molecule has 0 saturated carbocycles. The maximum Gasteiger partial charge on any atom is 0.134 e. The Morgan fingerprint density at radius 1 is 1.03 bits per heavy atom. The molecule has 2 aromatic carbocycles. The summed E-state index contributed by atoms with van der Waals surface area (Å²) >= 11 is 0. The number of anilines is 1. The molecule has 0 saturated heterocycles. The molecule has 0 aliphatic heterocycles. The van der Waals surface area contributed by atoms with Gasteiger partial charge >= 0.3 is 0 Å². The molecule has 0 bridgehead atoms. The van der Waals surface area contributed by atoms with Crippen LogP contribution in [0.3, 0.4) is 0 Å². The fraction of sp³-hybridized carbons (Fsp3) is 0.222. The molecule has 0 spiro atoms. The molecule has 33 heavy (non-hydrogen) atoms. The Labute approximate surface area is 193 Å². The van der Waals surface area contributed by atoms with Gasteiger partial charge in [0.15, 0.2) is 0 Å². The summed E-state index contributed by atoms with van der Waals surface area (Å²) in [7, 11) is 1.93. The van der Waals surface area contributed by atoms with Crippen LogP contribution in [0.4, 0.5) is 5.82 Å². The molecule has 5 rings (SSSR count). The van der Waals surface area contributed by atoms with Crippen LogP contribution >= 0.6 is 0 Å². The van der Waals surface area contributed by atoms with Crippen LogP contribution in [0.15, 0.2) is 71.6 Å². The van der Waals surface area contributed by atoms with E-state index >= 15 is 0 Å². The minimum atomic E-state index is 0.0758. The minimum Gasteiger partial charge on any atom is -0.464 e. The molecule has 166 valence electrons. The van der Waals surface area contributed by atoms with E-state index < -0.39 is 0 Å². The fourth-order valence-electron chi connectivity index (χ4n) is 4.17. The molecule has 6 heteroatoms. The molecule has 1 N–H and O–H groups in total. The first-order valence-corrected chi connectivity index (χ1v) is 11.2. The van der Waals surface area contributed by atoms with Crippen molar-refractivity contribution in [2.75, 3.05) is 5.32 Å². The normalized spacial score (nSPS) is 12.2. The summed E-state index contributed by atoms with van der Waals surface area (Å²) in [5.74, 6) is 1.54. The minimum absolute atomic E-state index is 0.0758. The van der Waals surface area contributed by atoms with Crippen molar-refractivity contribution in [2.24, 2.45) is 7.05 Å². The van der Waals surface area contributed by atoms with Crippen LogP contribution in [-0.2, 0) is 13.5 Å². The number of hydrogen-bond donors (Lipinski definition) is 1. The largest absolute Gasteiger partial charge is 0.464 e. The highest BCUT2D eigenvalue weighted by molar-refractivity contribution is 5.86. The topological polar surface area (TPSA) is 68.8 Å². The molecule has 1 atom stereocenters. The molecule has 3 heterocycles. The molecule has 0 amide bonds. The highest BCUT2D eigenvalue weighted by Crippen LogP contribution is 2.29. The fourth-order valence-corrected chi connectivity index (χ4v) is 4.17. The molecule has 6 nitrogen and oxygen atoms in total. The van der Waals surface area contributed by atoms with Gasteiger partial charge in [-0.25, -0.2) is 9.97 Å². The summed E-state index contributed by atoms with van der Waals surface area (Å²) in [4.78, 5) is 9.34. The van der Waals surface area contributed by atoms with Gasteiger partial charge in [-0.3, -0.25) is 4.68 Å². The Morgan fingerprint density at radius 3 is 2.70 bits per heavy atom. The van der Waals surface area contributed by atoms with Crippen LogP contribution in [0.25, 0.3) is 33.4 Å². The predicted molar refractivity (Wildman–Crippen MR) is 132 cm³/mol. The number of benzene rings is 2. The van der Waals surface area contributed by atoms with Gasteiger partial charge in [0.25, 0.3) is 0 Å². The lowest BCUT2D eigenvalue weighted by Crippen LogP contribution is -2.09. The van der Waals surface area contributed by atoms with Gasteiger partial charge in [-0.1, -0.05) is 25.1 Å². The maximum atomic E-state index is 5.67. The Morgan fingerprint density at radius 2 is 1.91 bits per heavy atom. The monoisotopic (exact) mass is 437 g/mol. The Balaban J connectivity index is 1.43. The van der Waals surface area contributed by atoms with Gasteiger partial charge < -0.3 is 9.73 Å². The molecular weight excluding hydrogens is 410 g/mol. The van der Waals surface area contributed by atoms with Crippen molar-refractivity contribution in [3.63, 3.8) is 0 Å². The molecule has 0 fully saturated rings. The van der Waals surface area contributed by atoms with E-state index in [0.29, 0.717) is 0 Å². The second kappa shape index (κ2) is 8.54. The summed E-state index contributed by atoms with van der Waals surface area (Å²) < 4.78 is 7.49. The number of nitrogens with one attached hydrogen (secondary N) is 1. The van der Waals surface area contributed by atoms with Crippen molar-refractivity contribution in [1.82, 2.24) is 19.7 Å². The highest BCUT2D eigenvalue weighted by Gasteiger charge is 2.12. The summed E-state index contributed by atoms with van der Waals surface area (Å²) in [6.45, 7) is 6.21. The van der Waals surface area contributed by atoms with Gasteiger partial charge in [-0.05, 0) is 61.2 Å². The van der Waals surface area contributed by atoms with Gasteiger partial charge in [-0.15, -0.1) is 0 Å². The van der Waals surface area contributed by atoms with Crippen LogP contribution in [0.1, 0.15) is 36.8 Å². The van der Waals surface area contributed by atoms with Crippen LogP contribution in [0, 0.1) is 6.92 Å². The van der Waals surface area contributed by atoms with E-state index in [-0.39, 0.29) is 6.04 Å². The second-order valence-corrected chi connectivity index (χ2v) is 8.41. The molecule has 5 aromatic rings. The lowest BCUT2D eigenvalue weighted by atomic mass is 10.0. The first-order chi connectivity index (χ1) is 16.0. The third kappa shape index (κ3) is 4.24. The molecular formula is C27H27N5O. The molecule has 0 aliphatic carbocycles. The second-order valence-electron chi connectivity index (χ2n) is 8.41. The third-order valence-electron chi connectivity index (χ3n) is 5.96. The van der Waals surface area contributed by atoms with Gasteiger partial charge in [0.2, 0.25) is 0 Å². The zero-order valence-electron chi connectivity index (χ0n) is 19.3. The van der Waals surface area contributed by atoms with Crippen LogP contribution in [0.2, 0.25) is 0 Å². The highest BCUT2D eigenvalue weighted by atomic mass is 16.3. The van der Waals surface area contributed by atoms with Crippen LogP contribution in [0.5, 0.6) is 0 Å². The van der Waals surface area contributed by atoms with Gasteiger partial charge in [0.1, 0.15) is 17.2 Å². The average molecular weight is 438 g/mol. The van der Waals surface area contributed by atoms with E-state index in [4.69, 9.17) is 9.40 Å². The Hall–Kier alpha value is -3.93. The first kappa shape index (κ1) is 20.9. The zero-order chi connectivity index (χ0) is 22.9. The molecule has 3 aromatic heterocycles. The van der Waals surface area contributed by atoms with Crippen molar-refractivity contribution < 1.29 is 4.42 Å². The first-order valence-electron chi connectivity index (χ1n) is 11.2. The van der Waals surface area contributed by atoms with E-state index in [1.807, 2.05) is 49.4 Å². The summed E-state index contributed by atoms with van der Waals surface area (Å²) in [6.07, 6.45) is 6.69. The summed E-state index contributed by atoms with van der Waals surface area (Å²) in [6, 6.07) is 16.8. The third-order valence-corrected chi connectivity index (χ3v) is 5.96. The van der Waals surface area contributed by atoms with E-state index in [9.17, 15) is 0 Å². The number of fused-ring (bicyclic) bond motifs is 1. The van der Waals surface area contributed by atoms with Crippen molar-refractivity contribution in [2.45, 2.75) is 33.2 Å². The van der Waals surface area contributed by atoms with E-state index in [1.54, 1.807) is 0 Å². The Bertz CT molecular complexity index is 1430. The van der Waals surface area contributed by atoms with Gasteiger partial charge in [0.05, 0.1) is 18.2 Å². The maximum absolute atomic E-state index is 5.67. The van der Waals surface area contributed by atoms with Crippen molar-refractivity contribution in [1.29, 1.82) is 0 Å². The molecule has 0 aliphatic rings. The smallest absolute Gasteiger partial charge is 0.134 e. The van der Waals surface area contributed by atoms with E-state index in [1.165, 1.54) is 11.1 Å². The standard InChI is InChI=1S/C27H27N5O/c1-5-19-16-33-26-10-9-22(12-24(19)26)25-13-27(31-18(3)30-25)29-17(2)20-7-6-8-21(11-20)23-14-28-32(4)15-23/h6-17H,5H2,1-4H3,(H,29,30,31). The number of nitrogens with zero attached hydrogens (tertiary/aromatic N) is 4. The van der Waals surface area contributed by atoms with Crippen molar-refractivity contribution >= 4 is 16.8 Å². The van der Waals surface area contributed by atoms with Gasteiger partial charge in [0, 0.05) is 41.9 Å². The number of aromatic nitrogens is 4. The quantitative estimate of drug-likeness (QED) is 0.336. The van der Waals surface area contributed by atoms with E-state index in [2.05, 4.69) is 65.6 Å². The predicted octanol–water partition coefficient (Wildman–Crippen LogP) is 6.33. The number of rotatable bonds is 6. The lowest BCUT2D eigenvalue weighted by molar-refractivity contribution is 0.611. The van der Waals surface area contributed by atoms with Crippen LogP contribution < -0.4 is 5.32 Å². The van der Waals surface area contributed by atoms with Crippen molar-refractivity contribution in [3.8, 4) is 22.4 Å². The number of hydrogen-bond acceptors (Lipinski definition) is 5. The lowest BCUT2D eigenvalue weighted by Gasteiger charge is -2.17. The summed E-state index contributed by atoms with van der Waals surface area (Å²) in [5, 5.41) is 8.99.